The lowest BCUT2D eigenvalue weighted by Crippen LogP contribution is -2.74. The second-order valence-corrected chi connectivity index (χ2v) is 14.4. The van der Waals surface area contributed by atoms with Gasteiger partial charge in [0.2, 0.25) is 0 Å². The molecule has 3 aromatic carbocycles. The number of halogens is 1. The molecule has 3 aliphatic carbocycles. The Balaban J connectivity index is 1.32. The number of hydrogen-bond acceptors (Lipinski definition) is 4. The molecule has 4 aromatic rings. The summed E-state index contributed by atoms with van der Waals surface area (Å²) in [6.07, 6.45) is 4.41. The number of piperidine rings is 1. The summed E-state index contributed by atoms with van der Waals surface area (Å²) >= 11 is 6.45. The third-order valence-corrected chi connectivity index (χ3v) is 11.6. The first kappa shape index (κ1) is 25.5. The number of hydrogen-bond donors (Lipinski definition) is 2. The Hall–Kier alpha value is -2.99. The third kappa shape index (κ3) is 3.22. The van der Waals surface area contributed by atoms with Gasteiger partial charge >= 0.3 is 0 Å². The average Bonchev–Trinajstić information content (AvgIpc) is 3.64. The summed E-state index contributed by atoms with van der Waals surface area (Å²) in [5.74, 6) is 1.91. The largest absolute Gasteiger partial charge is 0.504 e. The Labute approximate surface area is 251 Å². The second kappa shape index (κ2) is 8.56. The lowest BCUT2D eigenvalue weighted by atomic mass is 9.49. The molecule has 5 aliphatic rings. The zero-order valence-corrected chi connectivity index (χ0v) is 25.0. The molecule has 6 heteroatoms. The number of likely N-dealkylation sites (tertiary alicyclic amines) is 1. The average molecular weight is 581 g/mol. The molecule has 5 nitrogen and oxygen atoms in total. The van der Waals surface area contributed by atoms with Crippen LogP contribution in [0.3, 0.4) is 0 Å². The van der Waals surface area contributed by atoms with Gasteiger partial charge in [-0.15, -0.1) is 0 Å². The van der Waals surface area contributed by atoms with Gasteiger partial charge < -0.3 is 19.5 Å². The number of nitrogens with zero attached hydrogens (tertiary/aromatic N) is 2. The predicted octanol–water partition coefficient (Wildman–Crippen LogP) is 6.87. The molecule has 3 heterocycles. The monoisotopic (exact) mass is 580 g/mol. The van der Waals surface area contributed by atoms with E-state index >= 15 is 0 Å². The second-order valence-electron chi connectivity index (χ2n) is 13.9. The number of aromatic nitrogens is 1. The number of aromatic hydroxyl groups is 1. The van der Waals surface area contributed by atoms with Crippen molar-refractivity contribution in [2.75, 3.05) is 13.1 Å². The van der Waals surface area contributed by atoms with E-state index in [-0.39, 0.29) is 17.9 Å². The van der Waals surface area contributed by atoms with Crippen molar-refractivity contribution in [1.82, 2.24) is 9.47 Å². The van der Waals surface area contributed by atoms with Gasteiger partial charge in [0.1, 0.15) is 0 Å². The van der Waals surface area contributed by atoms with Gasteiger partial charge in [-0.2, -0.15) is 0 Å². The summed E-state index contributed by atoms with van der Waals surface area (Å²) in [5.41, 5.74) is 6.63. The van der Waals surface area contributed by atoms with Gasteiger partial charge in [0.05, 0.1) is 16.7 Å². The quantitative estimate of drug-likeness (QED) is 0.270. The summed E-state index contributed by atoms with van der Waals surface area (Å²) < 4.78 is 9.38. The van der Waals surface area contributed by atoms with Gasteiger partial charge in [-0.25, -0.2) is 0 Å². The highest BCUT2D eigenvalue weighted by atomic mass is 35.5. The molecule has 0 radical (unpaired) electrons. The molecule has 42 heavy (non-hydrogen) atoms. The Morgan fingerprint density at radius 3 is 2.74 bits per heavy atom. The zero-order chi connectivity index (χ0) is 28.5. The van der Waals surface area contributed by atoms with Crippen LogP contribution in [0.1, 0.15) is 78.6 Å². The first-order valence-electron chi connectivity index (χ1n) is 15.7. The van der Waals surface area contributed by atoms with Crippen LogP contribution in [-0.2, 0) is 24.8 Å². The van der Waals surface area contributed by atoms with Crippen LogP contribution >= 0.6 is 11.6 Å². The normalized spacial score (nSPS) is 29.1. The molecule has 1 aromatic heterocycles. The fraction of sp³-hybridized carbons (Fsp3) is 0.444. The first-order chi connectivity index (χ1) is 20.3. The van der Waals surface area contributed by atoms with Crippen LogP contribution in [-0.4, -0.2) is 44.4 Å². The van der Waals surface area contributed by atoms with Crippen molar-refractivity contribution >= 4 is 22.5 Å². The van der Waals surface area contributed by atoms with Crippen molar-refractivity contribution in [2.45, 2.75) is 81.6 Å². The third-order valence-electron chi connectivity index (χ3n) is 11.3. The van der Waals surface area contributed by atoms with Crippen molar-refractivity contribution in [2.24, 2.45) is 5.92 Å². The summed E-state index contributed by atoms with van der Waals surface area (Å²) in [6, 6.07) is 18.9. The lowest BCUT2D eigenvalue weighted by Gasteiger charge is -2.63. The minimum absolute atomic E-state index is 0.0219. The Kier molecular flexibility index (Phi) is 5.19. The van der Waals surface area contributed by atoms with E-state index in [1.807, 2.05) is 18.2 Å². The fourth-order valence-corrected chi connectivity index (χ4v) is 9.43. The van der Waals surface area contributed by atoms with Crippen molar-refractivity contribution in [1.29, 1.82) is 0 Å². The Morgan fingerprint density at radius 2 is 1.95 bits per heavy atom. The van der Waals surface area contributed by atoms with E-state index < -0.39 is 11.0 Å². The number of benzene rings is 3. The van der Waals surface area contributed by atoms with Crippen LogP contribution in [0.15, 0.2) is 54.6 Å². The maximum atomic E-state index is 13.3. The van der Waals surface area contributed by atoms with Gasteiger partial charge in [0.25, 0.3) is 0 Å². The first-order valence-corrected chi connectivity index (χ1v) is 16.0. The van der Waals surface area contributed by atoms with Crippen molar-refractivity contribution in [3.63, 3.8) is 0 Å². The smallest absolute Gasteiger partial charge is 0.166 e. The number of aliphatic hydroxyl groups is 1. The molecule has 1 spiro atoms. The molecule has 216 valence electrons. The molecule has 0 amide bonds. The molecular formula is C36H37ClN2O3. The molecule has 2 bridgehead atoms. The Morgan fingerprint density at radius 1 is 1.10 bits per heavy atom. The SMILES string of the molecule is CC(C)c1ccc2c(c1)c1c(n2Cc2cccc(Cl)c2)[C@@H]2Oc3c(O)ccc4c3[C@@]23CCN(CC2CC2)[C@@H](C4)[C@]3(O)C1. The maximum Gasteiger partial charge on any atom is 0.166 e. The van der Waals surface area contributed by atoms with Gasteiger partial charge in [-0.1, -0.05) is 49.7 Å². The number of phenolic OH excluding ortho intramolecular Hbond substituents is 1. The predicted molar refractivity (Wildman–Crippen MR) is 165 cm³/mol. The minimum Gasteiger partial charge on any atom is -0.504 e. The van der Waals surface area contributed by atoms with Crippen molar-refractivity contribution in [3.8, 4) is 11.5 Å². The van der Waals surface area contributed by atoms with Crippen LogP contribution in [0.4, 0.5) is 0 Å². The van der Waals surface area contributed by atoms with E-state index in [1.165, 1.54) is 34.9 Å². The molecular weight excluding hydrogens is 544 g/mol. The van der Waals surface area contributed by atoms with Gasteiger partial charge in [0, 0.05) is 47.0 Å². The van der Waals surface area contributed by atoms with Gasteiger partial charge in [-0.05, 0) is 96.6 Å². The molecule has 4 atom stereocenters. The highest BCUT2D eigenvalue weighted by Gasteiger charge is 2.73. The van der Waals surface area contributed by atoms with E-state index in [0.717, 1.165) is 59.2 Å². The van der Waals surface area contributed by atoms with Crippen LogP contribution in [0, 0.1) is 5.92 Å². The molecule has 1 saturated heterocycles. The van der Waals surface area contributed by atoms with Crippen LogP contribution in [0.2, 0.25) is 5.02 Å². The van der Waals surface area contributed by atoms with E-state index in [9.17, 15) is 10.2 Å². The van der Waals surface area contributed by atoms with Crippen LogP contribution in [0.5, 0.6) is 11.5 Å². The van der Waals surface area contributed by atoms with E-state index in [2.05, 4.69) is 53.6 Å². The number of ether oxygens (including phenoxy) is 1. The van der Waals surface area contributed by atoms with E-state index in [1.54, 1.807) is 6.07 Å². The summed E-state index contributed by atoms with van der Waals surface area (Å²) in [4.78, 5) is 2.60. The van der Waals surface area contributed by atoms with E-state index in [4.69, 9.17) is 16.3 Å². The van der Waals surface area contributed by atoms with Gasteiger partial charge in [0.15, 0.2) is 17.6 Å². The van der Waals surface area contributed by atoms with Crippen LogP contribution in [0.25, 0.3) is 10.9 Å². The number of fused-ring (bicyclic) bond motifs is 4. The highest BCUT2D eigenvalue weighted by Crippen LogP contribution is 2.69. The molecule has 2 fully saturated rings. The summed E-state index contributed by atoms with van der Waals surface area (Å²) in [7, 11) is 0. The molecule has 9 rings (SSSR count). The molecule has 2 N–H and O–H groups in total. The van der Waals surface area contributed by atoms with Crippen molar-refractivity contribution < 1.29 is 14.9 Å². The molecule has 0 unspecified atom stereocenters. The number of phenols is 1. The molecule has 2 aliphatic heterocycles. The van der Waals surface area contributed by atoms with E-state index in [0.29, 0.717) is 24.6 Å². The molecule has 1 saturated carbocycles. The Bertz CT molecular complexity index is 1790. The summed E-state index contributed by atoms with van der Waals surface area (Å²) in [5, 5.41) is 26.4. The topological polar surface area (TPSA) is 57.9 Å². The maximum absolute atomic E-state index is 13.3. The van der Waals surface area contributed by atoms with Crippen molar-refractivity contribution in [3.05, 3.63) is 93.1 Å². The fourth-order valence-electron chi connectivity index (χ4n) is 9.22. The lowest BCUT2D eigenvalue weighted by molar-refractivity contribution is -0.173. The summed E-state index contributed by atoms with van der Waals surface area (Å²) in [6.45, 7) is 7.14. The van der Waals surface area contributed by atoms with Gasteiger partial charge in [-0.3, -0.25) is 4.90 Å². The van der Waals surface area contributed by atoms with Crippen LogP contribution < -0.4 is 4.74 Å². The zero-order valence-electron chi connectivity index (χ0n) is 24.2. The number of rotatable bonds is 5. The minimum atomic E-state index is -0.993. The highest BCUT2D eigenvalue weighted by molar-refractivity contribution is 6.30. The standard InChI is InChI=1S/C36H37ClN2O3/c1-20(2)23-8-10-28-26(15-23)27-17-36(41)30-16-24-9-11-29(40)33-31(24)35(36,12-13-38(30)18-21-6-7-21)34(42-33)32(27)39(28)19-22-4-3-5-25(37)14-22/h3-5,8-11,14-15,20-21,30,34,40-41H,6-7,12-13,16-19H2,1-2H3/t30-,34-,35-,36+/m0/s1.